The van der Waals surface area contributed by atoms with Gasteiger partial charge in [0.05, 0.1) is 17.9 Å². The van der Waals surface area contributed by atoms with E-state index in [4.69, 9.17) is 19.4 Å². The van der Waals surface area contributed by atoms with Gasteiger partial charge in [0, 0.05) is 0 Å². The third-order valence-corrected chi connectivity index (χ3v) is 6.74. The molecule has 42 heavy (non-hydrogen) atoms. The Hall–Kier alpha value is -2.82. The number of carbonyl (C=O) groups excluding carboxylic acids is 3. The van der Waals surface area contributed by atoms with Crippen LogP contribution in [0.5, 0.6) is 5.75 Å². The summed E-state index contributed by atoms with van der Waals surface area (Å²) in [5.41, 5.74) is 0.0226. The number of esters is 1. The number of fused-ring (bicyclic) bond motifs is 1. The number of carbonyl (C=O) groups is 2. The molecule has 0 heterocycles. The molecule has 0 saturated heterocycles. The predicted octanol–water partition coefficient (Wildman–Crippen LogP) is 4.17. The molecule has 0 radical (unpaired) electrons. The van der Waals surface area contributed by atoms with Crippen LogP contribution in [0.25, 0.3) is 10.8 Å². The van der Waals surface area contributed by atoms with Crippen LogP contribution in [0.3, 0.4) is 0 Å². The van der Waals surface area contributed by atoms with Crippen molar-refractivity contribution in [2.45, 2.75) is 92.4 Å². The van der Waals surface area contributed by atoms with Crippen LogP contribution in [0.15, 0.2) is 36.4 Å². The van der Waals surface area contributed by atoms with Crippen LogP contribution >= 0.6 is 0 Å². The van der Waals surface area contributed by atoms with Crippen molar-refractivity contribution in [3.63, 3.8) is 0 Å². The van der Waals surface area contributed by atoms with Crippen LogP contribution in [-0.2, 0) is 35.1 Å². The molecule has 230 valence electrons. The van der Waals surface area contributed by atoms with Crippen molar-refractivity contribution in [3.8, 4) is 5.75 Å². The largest absolute Gasteiger partial charge is 1.00 e. The summed E-state index contributed by atoms with van der Waals surface area (Å²) in [6, 6.07) is 12.4. The van der Waals surface area contributed by atoms with Gasteiger partial charge in [-0.15, -0.1) is 0 Å². The monoisotopic (exact) mass is 578 g/mol. The van der Waals surface area contributed by atoms with Gasteiger partial charge in [0.2, 0.25) is 6.79 Å². The molecule has 9 heteroatoms. The first-order valence-corrected chi connectivity index (χ1v) is 13.9. The molecule has 2 rings (SSSR count). The summed E-state index contributed by atoms with van der Waals surface area (Å²) < 4.78 is 14.3. The van der Waals surface area contributed by atoms with Crippen LogP contribution in [0.1, 0.15) is 91.5 Å². The van der Waals surface area contributed by atoms with Crippen molar-refractivity contribution in [1.82, 2.24) is 0 Å². The fourth-order valence-corrected chi connectivity index (χ4v) is 4.01. The Labute approximate surface area is 264 Å². The van der Waals surface area contributed by atoms with E-state index in [9.17, 15) is 14.4 Å². The summed E-state index contributed by atoms with van der Waals surface area (Å²) in [6.45, 7) is 13.2. The molecule has 0 aliphatic carbocycles. The zero-order valence-corrected chi connectivity index (χ0v) is 26.5. The van der Waals surface area contributed by atoms with Gasteiger partial charge in [-0.3, -0.25) is 15.9 Å². The Morgan fingerprint density at radius 3 is 1.95 bits per heavy atom. The zero-order chi connectivity index (χ0) is 31.3. The Morgan fingerprint density at radius 2 is 1.45 bits per heavy atom. The molecule has 0 aromatic heterocycles. The minimum atomic E-state index is -0.743. The maximum absolute atomic E-state index is 11.8. The number of carboxylic acid groups (broad SMARTS) is 1. The molecule has 0 aliphatic rings. The van der Waals surface area contributed by atoms with E-state index < -0.39 is 23.6 Å². The number of benzene rings is 2. The second-order valence-electron chi connectivity index (χ2n) is 10.9. The van der Waals surface area contributed by atoms with Gasteiger partial charge in [-0.2, -0.15) is 13.3 Å². The number of rotatable bonds is 16. The molecule has 0 amide bonds. The van der Waals surface area contributed by atoms with Crippen LogP contribution < -0.4 is 23.6 Å². The fourth-order valence-electron chi connectivity index (χ4n) is 4.01. The van der Waals surface area contributed by atoms with Crippen molar-refractivity contribution >= 4 is 35.5 Å². The molecule has 0 unspecified atom stereocenters. The Balaban J connectivity index is 0. The second kappa shape index (κ2) is 22.7. The van der Waals surface area contributed by atoms with E-state index >= 15 is 0 Å². The quantitative estimate of drug-likeness (QED) is 0.104. The SMILES string of the molecule is CC(C)(CCCCCCCCC(C)(C)C(=O)OCO[C-]=O)C(=O)O.C[C-]=O.[CH2-]Cc1cccc2ccc(OC)cc12.[Li+]. The zero-order valence-electron chi connectivity index (χ0n) is 26.5. The van der Waals surface area contributed by atoms with Crippen molar-refractivity contribution in [2.24, 2.45) is 10.8 Å². The van der Waals surface area contributed by atoms with E-state index in [1.54, 1.807) is 21.0 Å². The van der Waals surface area contributed by atoms with E-state index in [2.05, 4.69) is 42.0 Å². The summed E-state index contributed by atoms with van der Waals surface area (Å²) in [7, 11) is 1.69. The smallest absolute Gasteiger partial charge is 0.626 e. The number of aliphatic carboxylic acids is 1. The topological polar surface area (TPSA) is 116 Å². The van der Waals surface area contributed by atoms with Gasteiger partial charge < -0.3 is 35.8 Å². The van der Waals surface area contributed by atoms with Gasteiger partial charge in [0.15, 0.2) is 0 Å². The van der Waals surface area contributed by atoms with Crippen LogP contribution in [0.4, 0.5) is 0 Å². The Bertz CT molecular complexity index is 1070. The maximum atomic E-state index is 11.8. The Kier molecular flexibility index (Phi) is 22.4. The minimum Gasteiger partial charge on any atom is -0.626 e. The summed E-state index contributed by atoms with van der Waals surface area (Å²) in [4.78, 5) is 41.4. The molecular formula is C33H47LiO8-2. The molecule has 0 spiro atoms. The first-order chi connectivity index (χ1) is 19.4. The molecule has 0 atom stereocenters. The maximum Gasteiger partial charge on any atom is 1.00 e. The first-order valence-electron chi connectivity index (χ1n) is 13.9. The van der Waals surface area contributed by atoms with Gasteiger partial charge in [0.25, 0.3) is 0 Å². The average molecular weight is 579 g/mol. The third kappa shape index (κ3) is 16.6. The van der Waals surface area contributed by atoms with Gasteiger partial charge >= 0.3 is 30.8 Å². The third-order valence-electron chi connectivity index (χ3n) is 6.74. The van der Waals surface area contributed by atoms with Crippen LogP contribution in [0, 0.1) is 17.8 Å². The van der Waals surface area contributed by atoms with Gasteiger partial charge in [0.1, 0.15) is 5.75 Å². The molecule has 0 saturated carbocycles. The molecule has 8 nitrogen and oxygen atoms in total. The standard InChI is InChI=1S/C18H31O6.C13H13O.C2H3O.Li/c1-17(2,15(20)21)11-9-7-5-6-8-10-12-18(3,4)16(22)24-14-23-13-19;1-3-10-5-4-6-11-7-8-12(14-2)9-13(10)11;1-2-3;/h5-12,14H2,1-4H3,(H,20,21);4-9H,1,3H2,2H3;1H3;/q3*-1;+1. The predicted molar refractivity (Wildman–Crippen MR) is 161 cm³/mol. The molecule has 2 aromatic carbocycles. The Morgan fingerprint density at radius 1 is 0.905 bits per heavy atom. The molecular weight excluding hydrogens is 531 g/mol. The van der Waals surface area contributed by atoms with E-state index in [1.165, 1.54) is 36.0 Å². The number of methoxy groups -OCH3 is 1. The van der Waals surface area contributed by atoms with Gasteiger partial charge in [-0.1, -0.05) is 74.8 Å². The number of hydrogen-bond acceptors (Lipinski definition) is 7. The number of hydrogen-bond donors (Lipinski definition) is 1. The molecule has 2 aromatic rings. The summed E-state index contributed by atoms with van der Waals surface area (Å²) in [5, 5.41) is 11.5. The van der Waals surface area contributed by atoms with Gasteiger partial charge in [-0.05, 0) is 63.4 Å². The van der Waals surface area contributed by atoms with Crippen molar-refractivity contribution in [1.29, 1.82) is 0 Å². The van der Waals surface area contributed by atoms with E-state index in [-0.39, 0.29) is 24.8 Å². The molecule has 0 aliphatic heterocycles. The van der Waals surface area contributed by atoms with E-state index in [0.717, 1.165) is 50.7 Å². The fraction of sp³-hybridized carbons (Fsp3) is 0.545. The number of ether oxygens (including phenoxy) is 3. The molecule has 1 N–H and O–H groups in total. The normalized spacial score (nSPS) is 10.5. The first kappa shape index (κ1) is 41.3. The number of carboxylic acids is 1. The van der Waals surface area contributed by atoms with Crippen molar-refractivity contribution < 1.29 is 57.4 Å². The van der Waals surface area contributed by atoms with Crippen molar-refractivity contribution in [3.05, 3.63) is 48.9 Å². The van der Waals surface area contributed by atoms with Crippen LogP contribution in [-0.4, -0.2) is 43.7 Å². The minimum absolute atomic E-state index is 0. The van der Waals surface area contributed by atoms with E-state index in [0.29, 0.717) is 12.8 Å². The second-order valence-corrected chi connectivity index (χ2v) is 10.9. The summed E-state index contributed by atoms with van der Waals surface area (Å²) >= 11 is 0. The molecule has 0 fully saturated rings. The van der Waals surface area contributed by atoms with Crippen molar-refractivity contribution in [2.75, 3.05) is 13.9 Å². The molecule has 0 bridgehead atoms. The summed E-state index contributed by atoms with van der Waals surface area (Å²) in [5.74, 6) is -0.222. The van der Waals surface area contributed by atoms with Crippen LogP contribution in [0.2, 0.25) is 0 Å². The van der Waals surface area contributed by atoms with Gasteiger partial charge in [-0.25, -0.2) is 0 Å². The summed E-state index contributed by atoms with van der Waals surface area (Å²) in [6.07, 6.45) is 9.76. The average Bonchev–Trinajstić information content (AvgIpc) is 2.94. The van der Waals surface area contributed by atoms with E-state index in [1.807, 2.05) is 19.9 Å². The number of unbranched alkanes of at least 4 members (excludes halogenated alkanes) is 5.